The fourth-order valence-electron chi connectivity index (χ4n) is 3.99. The summed E-state index contributed by atoms with van der Waals surface area (Å²) < 4.78 is 0. The van der Waals surface area contributed by atoms with E-state index in [1.807, 2.05) is 0 Å². The molecule has 1 fully saturated rings. The smallest absolute Gasteiger partial charge is 0.0382 e. The van der Waals surface area contributed by atoms with Gasteiger partial charge < -0.3 is 5.32 Å². The van der Waals surface area contributed by atoms with E-state index < -0.39 is 0 Å². The summed E-state index contributed by atoms with van der Waals surface area (Å²) in [5, 5.41) is 3.84. The van der Waals surface area contributed by atoms with Crippen molar-refractivity contribution in [1.82, 2.24) is 5.32 Å². The molecule has 0 amide bonds. The first kappa shape index (κ1) is 13.6. The number of hydrogen-bond donors (Lipinski definition) is 1. The van der Waals surface area contributed by atoms with Crippen LogP contribution in [0.25, 0.3) is 0 Å². The Hall–Kier alpha value is -0.820. The molecule has 0 aromatic heterocycles. The summed E-state index contributed by atoms with van der Waals surface area (Å²) in [7, 11) is 0. The van der Waals surface area contributed by atoms with E-state index in [1.54, 1.807) is 0 Å². The molecule has 0 radical (unpaired) electrons. The molecule has 1 saturated heterocycles. The van der Waals surface area contributed by atoms with Gasteiger partial charge in [-0.2, -0.15) is 0 Å². The van der Waals surface area contributed by atoms with E-state index in [0.29, 0.717) is 11.5 Å². The molecular formula is C17H27N. The molecule has 100 valence electrons. The van der Waals surface area contributed by atoms with Crippen LogP contribution in [0.3, 0.4) is 0 Å². The SMILES string of the molecule is Cc1cc(C)c(C2NC(C)(C)CC2(C)C)c(C)c1. The van der Waals surface area contributed by atoms with Crippen molar-refractivity contribution >= 4 is 0 Å². The lowest BCUT2D eigenvalue weighted by atomic mass is 9.76. The molecule has 1 aliphatic rings. The van der Waals surface area contributed by atoms with Gasteiger partial charge in [0.25, 0.3) is 0 Å². The number of hydrogen-bond acceptors (Lipinski definition) is 1. The summed E-state index contributed by atoms with van der Waals surface area (Å²) in [6, 6.07) is 5.09. The Morgan fingerprint density at radius 1 is 1.00 bits per heavy atom. The Bertz CT molecular complexity index is 445. The van der Waals surface area contributed by atoms with Gasteiger partial charge in [0.15, 0.2) is 0 Å². The molecule has 2 rings (SSSR count). The first-order chi connectivity index (χ1) is 8.12. The fourth-order valence-corrected chi connectivity index (χ4v) is 3.99. The Labute approximate surface area is 112 Å². The Morgan fingerprint density at radius 2 is 1.50 bits per heavy atom. The highest BCUT2D eigenvalue weighted by molar-refractivity contribution is 5.41. The van der Waals surface area contributed by atoms with Crippen LogP contribution < -0.4 is 5.32 Å². The number of rotatable bonds is 1. The van der Waals surface area contributed by atoms with Crippen LogP contribution in [0.2, 0.25) is 0 Å². The van der Waals surface area contributed by atoms with Crippen molar-refractivity contribution in [2.24, 2.45) is 5.41 Å². The van der Waals surface area contributed by atoms with Gasteiger partial charge in [-0.15, -0.1) is 0 Å². The summed E-state index contributed by atoms with van der Waals surface area (Å²) in [6.07, 6.45) is 1.22. The van der Waals surface area contributed by atoms with E-state index in [4.69, 9.17) is 0 Å². The fraction of sp³-hybridized carbons (Fsp3) is 0.647. The van der Waals surface area contributed by atoms with Gasteiger partial charge in [0.05, 0.1) is 0 Å². The summed E-state index contributed by atoms with van der Waals surface area (Å²) >= 11 is 0. The molecule has 1 aromatic rings. The molecule has 1 unspecified atom stereocenters. The third-order valence-corrected chi connectivity index (χ3v) is 4.24. The van der Waals surface area contributed by atoms with E-state index in [-0.39, 0.29) is 5.54 Å². The van der Waals surface area contributed by atoms with Gasteiger partial charge in [-0.25, -0.2) is 0 Å². The van der Waals surface area contributed by atoms with Crippen molar-refractivity contribution in [2.75, 3.05) is 0 Å². The average molecular weight is 245 g/mol. The largest absolute Gasteiger partial charge is 0.304 e. The van der Waals surface area contributed by atoms with Crippen LogP contribution in [0.15, 0.2) is 12.1 Å². The normalized spacial score (nSPS) is 25.4. The molecule has 0 bridgehead atoms. The van der Waals surface area contributed by atoms with Crippen molar-refractivity contribution < 1.29 is 0 Å². The molecular weight excluding hydrogens is 218 g/mol. The van der Waals surface area contributed by atoms with Gasteiger partial charge in [-0.1, -0.05) is 31.5 Å². The second-order valence-electron chi connectivity index (χ2n) is 7.44. The molecule has 1 atom stereocenters. The molecule has 1 heterocycles. The monoisotopic (exact) mass is 245 g/mol. The molecule has 0 aliphatic carbocycles. The maximum atomic E-state index is 3.84. The van der Waals surface area contributed by atoms with E-state index in [2.05, 4.69) is 65.9 Å². The molecule has 0 spiro atoms. The first-order valence-electron chi connectivity index (χ1n) is 6.98. The van der Waals surface area contributed by atoms with Crippen LogP contribution >= 0.6 is 0 Å². The number of benzene rings is 1. The highest BCUT2D eigenvalue weighted by atomic mass is 15.1. The molecule has 1 aromatic carbocycles. The molecule has 1 nitrogen and oxygen atoms in total. The maximum Gasteiger partial charge on any atom is 0.0382 e. The van der Waals surface area contributed by atoms with Crippen LogP contribution in [-0.4, -0.2) is 5.54 Å². The van der Waals surface area contributed by atoms with Crippen LogP contribution in [0, 0.1) is 26.2 Å². The predicted octanol–water partition coefficient (Wildman–Crippen LogP) is 4.45. The number of aryl methyl sites for hydroxylation is 3. The molecule has 18 heavy (non-hydrogen) atoms. The summed E-state index contributed by atoms with van der Waals surface area (Å²) in [4.78, 5) is 0. The maximum absolute atomic E-state index is 3.84. The lowest BCUT2D eigenvalue weighted by Gasteiger charge is -2.30. The molecule has 0 saturated carbocycles. The zero-order valence-corrected chi connectivity index (χ0v) is 12.9. The minimum absolute atomic E-state index is 0.234. The Balaban J connectivity index is 2.50. The summed E-state index contributed by atoms with van der Waals surface area (Å²) in [6.45, 7) is 16.1. The second kappa shape index (κ2) is 4.09. The third kappa shape index (κ3) is 2.33. The second-order valence-corrected chi connectivity index (χ2v) is 7.44. The predicted molar refractivity (Wildman–Crippen MR) is 79.0 cm³/mol. The first-order valence-corrected chi connectivity index (χ1v) is 6.98. The topological polar surface area (TPSA) is 12.0 Å². The lowest BCUT2D eigenvalue weighted by molar-refractivity contribution is 0.314. The summed E-state index contributed by atoms with van der Waals surface area (Å²) in [5.41, 5.74) is 6.28. The molecule has 1 aliphatic heterocycles. The standard InChI is InChI=1S/C17H27N/c1-11-8-12(2)14(13(3)9-11)15-16(4,5)10-17(6,7)18-15/h8-9,15,18H,10H2,1-7H3. The molecule has 1 N–H and O–H groups in total. The minimum atomic E-state index is 0.234. The van der Waals surface area contributed by atoms with E-state index in [1.165, 1.54) is 28.7 Å². The van der Waals surface area contributed by atoms with Crippen LogP contribution in [-0.2, 0) is 0 Å². The minimum Gasteiger partial charge on any atom is -0.304 e. The van der Waals surface area contributed by atoms with Gasteiger partial charge in [0.2, 0.25) is 0 Å². The van der Waals surface area contributed by atoms with Crippen molar-refractivity contribution in [1.29, 1.82) is 0 Å². The van der Waals surface area contributed by atoms with E-state index in [0.717, 1.165) is 0 Å². The zero-order valence-electron chi connectivity index (χ0n) is 12.9. The van der Waals surface area contributed by atoms with Crippen molar-refractivity contribution in [3.05, 3.63) is 34.4 Å². The van der Waals surface area contributed by atoms with Gasteiger partial charge in [0.1, 0.15) is 0 Å². The average Bonchev–Trinajstić information content (AvgIpc) is 2.32. The van der Waals surface area contributed by atoms with Crippen LogP contribution in [0.5, 0.6) is 0 Å². The molecule has 1 heteroatoms. The van der Waals surface area contributed by atoms with Gasteiger partial charge in [-0.05, 0) is 63.1 Å². The van der Waals surface area contributed by atoms with Crippen molar-refractivity contribution in [3.8, 4) is 0 Å². The van der Waals surface area contributed by atoms with Gasteiger partial charge in [-0.3, -0.25) is 0 Å². The number of nitrogens with one attached hydrogen (secondary N) is 1. The van der Waals surface area contributed by atoms with Gasteiger partial charge in [0, 0.05) is 11.6 Å². The summed E-state index contributed by atoms with van der Waals surface area (Å²) in [5.74, 6) is 0. The quantitative estimate of drug-likeness (QED) is 0.770. The Morgan fingerprint density at radius 3 is 1.89 bits per heavy atom. The third-order valence-electron chi connectivity index (χ3n) is 4.24. The van der Waals surface area contributed by atoms with Crippen molar-refractivity contribution in [3.63, 3.8) is 0 Å². The van der Waals surface area contributed by atoms with E-state index >= 15 is 0 Å². The lowest BCUT2D eigenvalue weighted by Crippen LogP contribution is -2.34. The highest BCUT2D eigenvalue weighted by Gasteiger charge is 2.45. The highest BCUT2D eigenvalue weighted by Crippen LogP contribution is 2.48. The Kier molecular flexibility index (Phi) is 3.09. The van der Waals surface area contributed by atoms with Crippen LogP contribution in [0.1, 0.15) is 62.4 Å². The van der Waals surface area contributed by atoms with Crippen molar-refractivity contribution in [2.45, 2.75) is 66.5 Å². The van der Waals surface area contributed by atoms with E-state index in [9.17, 15) is 0 Å². The van der Waals surface area contributed by atoms with Crippen LogP contribution in [0.4, 0.5) is 0 Å². The zero-order chi connectivity index (χ0) is 13.7. The van der Waals surface area contributed by atoms with Gasteiger partial charge >= 0.3 is 0 Å².